The molecule has 0 spiro atoms. The molecule has 0 fully saturated rings. The smallest absolute Gasteiger partial charge is 0.311 e. The highest BCUT2D eigenvalue weighted by molar-refractivity contribution is 5.58. The van der Waals surface area contributed by atoms with Crippen molar-refractivity contribution >= 4 is 17.3 Å². The molecule has 1 heterocycles. The molecule has 2 N–H and O–H groups in total. The normalized spacial score (nSPS) is 12.2. The summed E-state index contributed by atoms with van der Waals surface area (Å²) in [7, 11) is 1.63. The van der Waals surface area contributed by atoms with Gasteiger partial charge in [0, 0.05) is 19.7 Å². The van der Waals surface area contributed by atoms with Crippen molar-refractivity contribution in [3.05, 3.63) is 22.2 Å². The first-order valence-corrected chi connectivity index (χ1v) is 5.67. The van der Waals surface area contributed by atoms with Crippen molar-refractivity contribution < 1.29 is 9.66 Å². The average molecular weight is 254 g/mol. The summed E-state index contributed by atoms with van der Waals surface area (Å²) >= 11 is 0. The summed E-state index contributed by atoms with van der Waals surface area (Å²) in [6, 6.07) is 3.10. The van der Waals surface area contributed by atoms with Crippen LogP contribution in [0.5, 0.6) is 0 Å². The van der Waals surface area contributed by atoms with E-state index in [1.807, 2.05) is 18.7 Å². The molecule has 0 aromatic carbocycles. The van der Waals surface area contributed by atoms with Crippen molar-refractivity contribution in [2.45, 2.75) is 19.9 Å². The third-order valence-corrected chi connectivity index (χ3v) is 2.66. The predicted octanol–water partition coefficient (Wildman–Crippen LogP) is 1.43. The highest BCUT2D eigenvalue weighted by Gasteiger charge is 2.18. The highest BCUT2D eigenvalue weighted by atomic mass is 16.6. The minimum Gasteiger partial charge on any atom is -0.383 e. The Bertz CT molecular complexity index is 425. The Hall–Kier alpha value is -1.89. The van der Waals surface area contributed by atoms with Gasteiger partial charge in [0.05, 0.1) is 17.6 Å². The van der Waals surface area contributed by atoms with Crippen LogP contribution in [0.3, 0.4) is 0 Å². The maximum Gasteiger partial charge on any atom is 0.311 e. The van der Waals surface area contributed by atoms with Crippen LogP contribution in [0, 0.1) is 10.1 Å². The quantitative estimate of drug-likeness (QED) is 0.609. The number of likely N-dealkylation sites (N-methyl/N-ethyl adjacent to an activating group) is 1. The summed E-state index contributed by atoms with van der Waals surface area (Å²) in [5.41, 5.74) is 5.41. The fraction of sp³-hybridized carbons (Fsp3) is 0.545. The van der Waals surface area contributed by atoms with Gasteiger partial charge in [0.2, 0.25) is 5.82 Å². The van der Waals surface area contributed by atoms with Crippen molar-refractivity contribution in [2.24, 2.45) is 0 Å². The molecule has 0 aliphatic rings. The number of hydrogen-bond acceptors (Lipinski definition) is 6. The summed E-state index contributed by atoms with van der Waals surface area (Å²) in [6.07, 6.45) is 0. The van der Waals surface area contributed by atoms with Gasteiger partial charge in [0.1, 0.15) is 5.82 Å². The Morgan fingerprint density at radius 1 is 1.61 bits per heavy atom. The number of nitro groups is 1. The Kier molecular flexibility index (Phi) is 4.85. The number of methoxy groups -OCH3 is 1. The number of anilines is 2. The summed E-state index contributed by atoms with van der Waals surface area (Å²) in [4.78, 5) is 16.2. The molecular formula is C11H18N4O3. The Balaban J connectivity index is 3.01. The average Bonchev–Trinajstić information content (AvgIpc) is 2.29. The molecule has 1 rings (SSSR count). The molecule has 0 amide bonds. The zero-order valence-corrected chi connectivity index (χ0v) is 10.8. The highest BCUT2D eigenvalue weighted by Crippen LogP contribution is 2.23. The molecule has 18 heavy (non-hydrogen) atoms. The molecule has 100 valence electrons. The third-order valence-electron chi connectivity index (χ3n) is 2.66. The largest absolute Gasteiger partial charge is 0.383 e. The lowest BCUT2D eigenvalue weighted by Gasteiger charge is -2.28. The lowest BCUT2D eigenvalue weighted by molar-refractivity contribution is -0.384. The second-order valence-corrected chi connectivity index (χ2v) is 3.92. The van der Waals surface area contributed by atoms with Crippen molar-refractivity contribution in [3.63, 3.8) is 0 Å². The van der Waals surface area contributed by atoms with E-state index in [-0.39, 0.29) is 17.5 Å². The van der Waals surface area contributed by atoms with E-state index >= 15 is 0 Å². The van der Waals surface area contributed by atoms with Crippen molar-refractivity contribution in [2.75, 3.05) is 30.9 Å². The molecule has 1 unspecified atom stereocenters. The molecular weight excluding hydrogens is 236 g/mol. The summed E-state index contributed by atoms with van der Waals surface area (Å²) in [5.74, 6) is 0.547. The second-order valence-electron chi connectivity index (χ2n) is 3.92. The Labute approximate surface area is 106 Å². The number of nitrogens with zero attached hydrogens (tertiary/aromatic N) is 3. The number of aromatic nitrogens is 1. The van der Waals surface area contributed by atoms with E-state index in [0.717, 1.165) is 6.54 Å². The molecule has 0 bridgehead atoms. The number of pyridine rings is 1. The zero-order valence-electron chi connectivity index (χ0n) is 10.8. The number of ether oxygens (including phenoxy) is 1. The van der Waals surface area contributed by atoms with Crippen LogP contribution in [-0.2, 0) is 4.74 Å². The minimum absolute atomic E-state index is 0.0689. The molecule has 0 saturated heterocycles. The second kappa shape index (κ2) is 6.15. The van der Waals surface area contributed by atoms with E-state index in [1.165, 1.54) is 6.07 Å². The molecule has 1 aromatic heterocycles. The molecule has 0 radical (unpaired) electrons. The van der Waals surface area contributed by atoms with Crippen LogP contribution in [0.15, 0.2) is 12.1 Å². The Morgan fingerprint density at radius 2 is 2.28 bits per heavy atom. The van der Waals surface area contributed by atoms with Gasteiger partial charge >= 0.3 is 5.69 Å². The van der Waals surface area contributed by atoms with E-state index in [1.54, 1.807) is 13.2 Å². The topological polar surface area (TPSA) is 94.5 Å². The fourth-order valence-corrected chi connectivity index (χ4v) is 1.80. The molecule has 1 atom stereocenters. The molecule has 0 saturated carbocycles. The van der Waals surface area contributed by atoms with Gasteiger partial charge < -0.3 is 15.4 Å². The van der Waals surface area contributed by atoms with Crippen LogP contribution >= 0.6 is 0 Å². The number of nitrogens with two attached hydrogens (primary N) is 1. The van der Waals surface area contributed by atoms with Gasteiger partial charge in [-0.15, -0.1) is 0 Å². The maximum absolute atomic E-state index is 10.7. The molecule has 1 aromatic rings. The van der Waals surface area contributed by atoms with Gasteiger partial charge in [0.25, 0.3) is 0 Å². The van der Waals surface area contributed by atoms with Gasteiger partial charge in [-0.1, -0.05) is 0 Å². The Morgan fingerprint density at radius 3 is 2.72 bits per heavy atom. The van der Waals surface area contributed by atoms with Crippen LogP contribution in [0.2, 0.25) is 0 Å². The summed E-state index contributed by atoms with van der Waals surface area (Å²) in [5, 5.41) is 10.7. The first-order chi connectivity index (χ1) is 8.51. The fourth-order valence-electron chi connectivity index (χ4n) is 1.80. The van der Waals surface area contributed by atoms with Gasteiger partial charge in [-0.25, -0.2) is 4.98 Å². The first-order valence-electron chi connectivity index (χ1n) is 5.67. The van der Waals surface area contributed by atoms with Crippen molar-refractivity contribution in [3.8, 4) is 0 Å². The van der Waals surface area contributed by atoms with Crippen LogP contribution in [0.1, 0.15) is 13.8 Å². The SMILES string of the molecule is CCN(c1ccc([N+](=O)[O-])c(N)n1)C(C)COC. The summed E-state index contributed by atoms with van der Waals surface area (Å²) in [6.45, 7) is 5.24. The molecule has 7 heteroatoms. The van der Waals surface area contributed by atoms with Crippen molar-refractivity contribution in [1.82, 2.24) is 4.98 Å². The van der Waals surface area contributed by atoms with Gasteiger partial charge in [-0.05, 0) is 19.9 Å². The zero-order chi connectivity index (χ0) is 13.7. The molecule has 7 nitrogen and oxygen atoms in total. The predicted molar refractivity (Wildman–Crippen MR) is 69.7 cm³/mol. The van der Waals surface area contributed by atoms with Crippen LogP contribution < -0.4 is 10.6 Å². The van der Waals surface area contributed by atoms with E-state index < -0.39 is 4.92 Å². The number of nitrogen functional groups attached to an aromatic ring is 1. The number of rotatable bonds is 6. The van der Waals surface area contributed by atoms with Crippen LogP contribution in [-0.4, -0.2) is 36.2 Å². The first kappa shape index (κ1) is 14.2. The molecule has 0 aliphatic heterocycles. The van der Waals surface area contributed by atoms with E-state index in [2.05, 4.69) is 4.98 Å². The van der Waals surface area contributed by atoms with Gasteiger partial charge in [-0.2, -0.15) is 0 Å². The van der Waals surface area contributed by atoms with Crippen molar-refractivity contribution in [1.29, 1.82) is 0 Å². The number of hydrogen-bond donors (Lipinski definition) is 1. The lowest BCUT2D eigenvalue weighted by Crippen LogP contribution is -2.36. The summed E-state index contributed by atoms with van der Waals surface area (Å²) < 4.78 is 5.09. The third kappa shape index (κ3) is 3.07. The van der Waals surface area contributed by atoms with Gasteiger partial charge in [0.15, 0.2) is 0 Å². The lowest BCUT2D eigenvalue weighted by atomic mass is 10.2. The van der Waals surface area contributed by atoms with E-state index in [4.69, 9.17) is 10.5 Å². The standard InChI is InChI=1S/C11H18N4O3/c1-4-14(8(2)7-18-3)10-6-5-9(15(16)17)11(12)13-10/h5-6,8H,4,7H2,1-3H3,(H2,12,13). The maximum atomic E-state index is 10.7. The monoisotopic (exact) mass is 254 g/mol. The van der Waals surface area contributed by atoms with Crippen LogP contribution in [0.4, 0.5) is 17.3 Å². The van der Waals surface area contributed by atoms with Crippen LogP contribution in [0.25, 0.3) is 0 Å². The van der Waals surface area contributed by atoms with E-state index in [9.17, 15) is 10.1 Å². The molecule has 0 aliphatic carbocycles. The minimum atomic E-state index is -0.541. The van der Waals surface area contributed by atoms with E-state index in [0.29, 0.717) is 12.4 Å². The van der Waals surface area contributed by atoms with Gasteiger partial charge in [-0.3, -0.25) is 10.1 Å².